The quantitative estimate of drug-likeness (QED) is 0.738. The maximum atomic E-state index is 5.16. The summed E-state index contributed by atoms with van der Waals surface area (Å²) in [5.41, 5.74) is 0. The van der Waals surface area contributed by atoms with E-state index in [1.807, 2.05) is 13.3 Å². The standard InChI is InChI=1S/C7H10I2N2O/c1-5(12-2)3-11-4-10-6(8)7(11)9/h4-5H,3H2,1-2H3. The van der Waals surface area contributed by atoms with Crippen molar-refractivity contribution in [3.8, 4) is 0 Å². The number of aromatic nitrogens is 2. The molecule has 0 aromatic carbocycles. The molecule has 1 rings (SSSR count). The van der Waals surface area contributed by atoms with E-state index in [0.717, 1.165) is 10.2 Å². The number of methoxy groups -OCH3 is 1. The van der Waals surface area contributed by atoms with Crippen molar-refractivity contribution in [1.82, 2.24) is 9.55 Å². The van der Waals surface area contributed by atoms with Gasteiger partial charge in [-0.25, -0.2) is 4.98 Å². The summed E-state index contributed by atoms with van der Waals surface area (Å²) in [7, 11) is 1.72. The third-order valence-electron chi connectivity index (χ3n) is 1.59. The van der Waals surface area contributed by atoms with E-state index in [0.29, 0.717) is 0 Å². The Balaban J connectivity index is 2.69. The molecule has 0 saturated heterocycles. The van der Waals surface area contributed by atoms with Gasteiger partial charge >= 0.3 is 0 Å². The lowest BCUT2D eigenvalue weighted by Gasteiger charge is -2.10. The van der Waals surface area contributed by atoms with Crippen molar-refractivity contribution in [3.63, 3.8) is 0 Å². The van der Waals surface area contributed by atoms with E-state index in [4.69, 9.17) is 4.74 Å². The Bertz CT molecular complexity index is 262. The number of nitrogens with zero attached hydrogens (tertiary/aromatic N) is 2. The third kappa shape index (κ3) is 2.56. The molecule has 0 aliphatic carbocycles. The zero-order valence-electron chi connectivity index (χ0n) is 6.92. The molecule has 1 heterocycles. The maximum Gasteiger partial charge on any atom is 0.132 e. The van der Waals surface area contributed by atoms with Crippen molar-refractivity contribution in [3.05, 3.63) is 13.7 Å². The monoisotopic (exact) mass is 392 g/mol. The molecule has 0 bridgehead atoms. The minimum Gasteiger partial charge on any atom is -0.380 e. The van der Waals surface area contributed by atoms with Gasteiger partial charge in [0.25, 0.3) is 0 Å². The molecule has 0 amide bonds. The zero-order chi connectivity index (χ0) is 9.14. The van der Waals surface area contributed by atoms with Crippen LogP contribution in [0.25, 0.3) is 0 Å². The van der Waals surface area contributed by atoms with Crippen LogP contribution in [0.3, 0.4) is 0 Å². The molecule has 1 unspecified atom stereocenters. The largest absolute Gasteiger partial charge is 0.380 e. The van der Waals surface area contributed by atoms with Crippen LogP contribution in [0.1, 0.15) is 6.92 Å². The molecule has 0 aliphatic heterocycles. The van der Waals surface area contributed by atoms with Gasteiger partial charge in [0.15, 0.2) is 0 Å². The molecule has 68 valence electrons. The van der Waals surface area contributed by atoms with Gasteiger partial charge in [0.05, 0.1) is 19.0 Å². The van der Waals surface area contributed by atoms with Crippen LogP contribution in [0, 0.1) is 7.40 Å². The zero-order valence-corrected chi connectivity index (χ0v) is 11.2. The number of halogens is 2. The third-order valence-corrected chi connectivity index (χ3v) is 4.54. The maximum absolute atomic E-state index is 5.16. The highest BCUT2D eigenvalue weighted by Crippen LogP contribution is 2.13. The Labute approximate surface area is 99.2 Å². The number of rotatable bonds is 3. The highest BCUT2D eigenvalue weighted by molar-refractivity contribution is 14.1. The molecule has 5 heteroatoms. The molecular weight excluding hydrogens is 382 g/mol. The second-order valence-corrected chi connectivity index (χ2v) is 4.57. The summed E-state index contributed by atoms with van der Waals surface area (Å²) >= 11 is 4.51. The van der Waals surface area contributed by atoms with E-state index in [1.54, 1.807) is 7.11 Å². The van der Waals surface area contributed by atoms with E-state index in [-0.39, 0.29) is 6.10 Å². The van der Waals surface area contributed by atoms with Crippen LogP contribution < -0.4 is 0 Å². The van der Waals surface area contributed by atoms with Crippen LogP contribution in [0.4, 0.5) is 0 Å². The molecule has 0 radical (unpaired) electrons. The molecule has 12 heavy (non-hydrogen) atoms. The van der Waals surface area contributed by atoms with Crippen molar-refractivity contribution in [1.29, 1.82) is 0 Å². The first-order chi connectivity index (χ1) is 5.65. The van der Waals surface area contributed by atoms with Crippen molar-refractivity contribution >= 4 is 45.2 Å². The average Bonchev–Trinajstić information content (AvgIpc) is 2.36. The van der Waals surface area contributed by atoms with Gasteiger partial charge in [-0.15, -0.1) is 0 Å². The van der Waals surface area contributed by atoms with Gasteiger partial charge in [0.1, 0.15) is 7.40 Å². The molecule has 1 atom stereocenters. The number of ether oxygens (including phenoxy) is 1. The van der Waals surface area contributed by atoms with E-state index in [1.165, 1.54) is 3.70 Å². The molecule has 0 spiro atoms. The fraction of sp³-hybridized carbons (Fsp3) is 0.571. The van der Waals surface area contributed by atoms with Crippen molar-refractivity contribution in [2.45, 2.75) is 19.6 Å². The summed E-state index contributed by atoms with van der Waals surface area (Å²) in [5.74, 6) is 0. The van der Waals surface area contributed by atoms with Gasteiger partial charge in [0, 0.05) is 7.11 Å². The number of hydrogen-bond acceptors (Lipinski definition) is 2. The van der Waals surface area contributed by atoms with Crippen molar-refractivity contribution in [2.24, 2.45) is 0 Å². The van der Waals surface area contributed by atoms with Crippen LogP contribution in [-0.2, 0) is 11.3 Å². The second-order valence-electron chi connectivity index (χ2n) is 2.52. The van der Waals surface area contributed by atoms with Crippen LogP contribution in [0.15, 0.2) is 6.33 Å². The molecule has 0 fully saturated rings. The molecular formula is C7H10I2N2O. The first-order valence-corrected chi connectivity index (χ1v) is 5.69. The molecule has 1 aromatic heterocycles. The lowest BCUT2D eigenvalue weighted by Crippen LogP contribution is -2.14. The Morgan fingerprint density at radius 2 is 2.33 bits per heavy atom. The Morgan fingerprint density at radius 3 is 2.75 bits per heavy atom. The van der Waals surface area contributed by atoms with Gasteiger partial charge in [0.2, 0.25) is 0 Å². The minimum absolute atomic E-state index is 0.239. The van der Waals surface area contributed by atoms with Gasteiger partial charge in [-0.2, -0.15) is 0 Å². The minimum atomic E-state index is 0.239. The lowest BCUT2D eigenvalue weighted by atomic mass is 10.4. The smallest absolute Gasteiger partial charge is 0.132 e. The summed E-state index contributed by atoms with van der Waals surface area (Å²) in [5, 5.41) is 0. The average molecular weight is 392 g/mol. The Morgan fingerprint density at radius 1 is 1.67 bits per heavy atom. The van der Waals surface area contributed by atoms with E-state index < -0.39 is 0 Å². The number of imidazole rings is 1. The van der Waals surface area contributed by atoms with Gasteiger partial charge < -0.3 is 9.30 Å². The highest BCUT2D eigenvalue weighted by Gasteiger charge is 2.07. The Hall–Kier alpha value is 0.630. The summed E-state index contributed by atoms with van der Waals surface area (Å²) in [6.07, 6.45) is 2.09. The van der Waals surface area contributed by atoms with Crippen molar-refractivity contribution in [2.75, 3.05) is 7.11 Å². The van der Waals surface area contributed by atoms with E-state index in [9.17, 15) is 0 Å². The molecule has 0 aliphatic rings. The SMILES string of the molecule is COC(C)Cn1cnc(I)c1I. The topological polar surface area (TPSA) is 27.1 Å². The summed E-state index contributed by atoms with van der Waals surface area (Å²) in [6, 6.07) is 0. The molecule has 0 N–H and O–H groups in total. The van der Waals surface area contributed by atoms with Crippen LogP contribution >= 0.6 is 45.2 Å². The van der Waals surface area contributed by atoms with Gasteiger partial charge in [-0.05, 0) is 52.1 Å². The highest BCUT2D eigenvalue weighted by atomic mass is 127. The fourth-order valence-electron chi connectivity index (χ4n) is 0.822. The summed E-state index contributed by atoms with van der Waals surface area (Å²) in [4.78, 5) is 4.19. The summed E-state index contributed by atoms with van der Waals surface area (Å²) < 4.78 is 9.49. The predicted molar refractivity (Wildman–Crippen MR) is 64.1 cm³/mol. The summed E-state index contributed by atoms with van der Waals surface area (Å²) in [6.45, 7) is 2.91. The lowest BCUT2D eigenvalue weighted by molar-refractivity contribution is 0.102. The van der Waals surface area contributed by atoms with E-state index >= 15 is 0 Å². The van der Waals surface area contributed by atoms with Gasteiger partial charge in [-0.3, -0.25) is 0 Å². The first-order valence-electron chi connectivity index (χ1n) is 3.54. The number of hydrogen-bond donors (Lipinski definition) is 0. The first kappa shape index (κ1) is 10.7. The predicted octanol–water partition coefficient (Wildman–Crippen LogP) is 2.13. The fourth-order valence-corrected chi connectivity index (χ4v) is 1.72. The molecule has 3 nitrogen and oxygen atoms in total. The van der Waals surface area contributed by atoms with E-state index in [2.05, 4.69) is 54.7 Å². The van der Waals surface area contributed by atoms with Crippen LogP contribution in [0.5, 0.6) is 0 Å². The normalized spacial score (nSPS) is 13.3. The second kappa shape index (κ2) is 4.75. The van der Waals surface area contributed by atoms with Gasteiger partial charge in [-0.1, -0.05) is 0 Å². The Kier molecular flexibility index (Phi) is 4.24. The van der Waals surface area contributed by atoms with Crippen LogP contribution in [0.2, 0.25) is 0 Å². The van der Waals surface area contributed by atoms with Crippen molar-refractivity contribution < 1.29 is 4.74 Å². The molecule has 1 aromatic rings. The van der Waals surface area contributed by atoms with Crippen LogP contribution in [-0.4, -0.2) is 22.8 Å². The molecule has 0 saturated carbocycles.